The van der Waals surface area contributed by atoms with Gasteiger partial charge in [-0.2, -0.15) is 0 Å². The highest BCUT2D eigenvalue weighted by Gasteiger charge is 1.96. The highest BCUT2D eigenvalue weighted by atomic mass is 14.0. The molecule has 0 aromatic rings. The monoisotopic (exact) mass is 281 g/mol. The van der Waals surface area contributed by atoms with Crippen molar-refractivity contribution in [2.24, 2.45) is 5.92 Å². The van der Waals surface area contributed by atoms with E-state index in [0.717, 1.165) is 5.92 Å². The SMILES string of the molecule is CCCCCCCCCCCCCCC[CH]CC(C)C. The number of hydrogen-bond acceptors (Lipinski definition) is 0. The average Bonchev–Trinajstić information content (AvgIpc) is 2.43. The van der Waals surface area contributed by atoms with Gasteiger partial charge in [0.2, 0.25) is 0 Å². The van der Waals surface area contributed by atoms with Gasteiger partial charge in [0, 0.05) is 0 Å². The molecule has 0 heteroatoms. The lowest BCUT2D eigenvalue weighted by molar-refractivity contribution is 0.535. The maximum absolute atomic E-state index is 2.49. The van der Waals surface area contributed by atoms with E-state index in [1.54, 1.807) is 0 Å². The van der Waals surface area contributed by atoms with E-state index in [1.165, 1.54) is 96.3 Å². The lowest BCUT2D eigenvalue weighted by atomic mass is 10.0. The van der Waals surface area contributed by atoms with Crippen LogP contribution >= 0.6 is 0 Å². The highest BCUT2D eigenvalue weighted by molar-refractivity contribution is 4.66. The maximum Gasteiger partial charge on any atom is -0.0383 e. The summed E-state index contributed by atoms with van der Waals surface area (Å²) in [4.78, 5) is 0. The molecule has 0 rings (SSSR count). The van der Waals surface area contributed by atoms with Gasteiger partial charge < -0.3 is 0 Å². The van der Waals surface area contributed by atoms with Crippen LogP contribution in [0.2, 0.25) is 0 Å². The fourth-order valence-corrected chi connectivity index (χ4v) is 2.76. The molecule has 0 spiro atoms. The van der Waals surface area contributed by atoms with Gasteiger partial charge in [0.25, 0.3) is 0 Å². The van der Waals surface area contributed by atoms with Gasteiger partial charge in [0.05, 0.1) is 0 Å². The van der Waals surface area contributed by atoms with Crippen molar-refractivity contribution in [1.82, 2.24) is 0 Å². The zero-order valence-electron chi connectivity index (χ0n) is 14.8. The zero-order valence-corrected chi connectivity index (χ0v) is 14.8. The van der Waals surface area contributed by atoms with E-state index in [2.05, 4.69) is 27.2 Å². The van der Waals surface area contributed by atoms with Gasteiger partial charge in [-0.3, -0.25) is 0 Å². The molecule has 0 saturated heterocycles. The van der Waals surface area contributed by atoms with E-state index in [0.29, 0.717) is 0 Å². The summed E-state index contributed by atoms with van der Waals surface area (Å²) in [5.74, 6) is 0.844. The van der Waals surface area contributed by atoms with E-state index in [4.69, 9.17) is 0 Å². The topological polar surface area (TPSA) is 0 Å². The summed E-state index contributed by atoms with van der Waals surface area (Å²) < 4.78 is 0. The van der Waals surface area contributed by atoms with Crippen molar-refractivity contribution in [1.29, 1.82) is 0 Å². The van der Waals surface area contributed by atoms with Crippen LogP contribution in [0.3, 0.4) is 0 Å². The molecule has 0 aliphatic rings. The third-order valence-electron chi connectivity index (χ3n) is 4.15. The Balaban J connectivity index is 2.92. The van der Waals surface area contributed by atoms with Crippen LogP contribution in [0.15, 0.2) is 0 Å². The summed E-state index contributed by atoms with van der Waals surface area (Å²) in [5, 5.41) is 0. The molecule has 0 aromatic carbocycles. The van der Waals surface area contributed by atoms with Crippen molar-refractivity contribution in [3.8, 4) is 0 Å². The fraction of sp³-hybridized carbons (Fsp3) is 0.950. The first kappa shape index (κ1) is 20.0. The Bertz CT molecular complexity index is 159. The molecular formula is C20H41. The molecule has 0 aliphatic carbocycles. The Morgan fingerprint density at radius 1 is 0.600 bits per heavy atom. The second-order valence-corrected chi connectivity index (χ2v) is 6.95. The van der Waals surface area contributed by atoms with Crippen molar-refractivity contribution in [2.45, 2.75) is 117 Å². The maximum atomic E-state index is 2.49. The van der Waals surface area contributed by atoms with Gasteiger partial charge >= 0.3 is 0 Å². The molecule has 0 aromatic heterocycles. The molecule has 0 fully saturated rings. The number of unbranched alkanes of at least 4 members (excludes halogenated alkanes) is 14. The van der Waals surface area contributed by atoms with Crippen molar-refractivity contribution >= 4 is 0 Å². The summed E-state index contributed by atoms with van der Waals surface area (Å²) in [6.07, 6.45) is 24.1. The third kappa shape index (κ3) is 18.0. The Hall–Kier alpha value is 0. The lowest BCUT2D eigenvalue weighted by Gasteiger charge is -2.04. The largest absolute Gasteiger partial charge is 0.0654 e. The van der Waals surface area contributed by atoms with Crippen LogP contribution in [0.4, 0.5) is 0 Å². The van der Waals surface area contributed by atoms with Crippen LogP contribution in [0.5, 0.6) is 0 Å². The van der Waals surface area contributed by atoms with E-state index >= 15 is 0 Å². The molecule has 0 aliphatic heterocycles. The number of hydrogen-bond donors (Lipinski definition) is 0. The Labute approximate surface area is 130 Å². The molecule has 0 nitrogen and oxygen atoms in total. The highest BCUT2D eigenvalue weighted by Crippen LogP contribution is 2.14. The van der Waals surface area contributed by atoms with Crippen LogP contribution in [-0.4, -0.2) is 0 Å². The predicted molar refractivity (Wildman–Crippen MR) is 94.1 cm³/mol. The number of rotatable bonds is 16. The third-order valence-corrected chi connectivity index (χ3v) is 4.15. The van der Waals surface area contributed by atoms with Crippen molar-refractivity contribution < 1.29 is 0 Å². The molecule has 1 radical (unpaired) electrons. The summed E-state index contributed by atoms with van der Waals surface area (Å²) in [5.41, 5.74) is 0. The second-order valence-electron chi connectivity index (χ2n) is 6.95. The van der Waals surface area contributed by atoms with E-state index < -0.39 is 0 Å². The fourth-order valence-electron chi connectivity index (χ4n) is 2.76. The first-order valence-electron chi connectivity index (χ1n) is 9.59. The van der Waals surface area contributed by atoms with Gasteiger partial charge in [-0.15, -0.1) is 0 Å². The minimum Gasteiger partial charge on any atom is -0.0654 e. The normalized spacial score (nSPS) is 11.4. The molecular weight excluding hydrogens is 240 g/mol. The Morgan fingerprint density at radius 2 is 1.00 bits per heavy atom. The quantitative estimate of drug-likeness (QED) is 0.254. The lowest BCUT2D eigenvalue weighted by Crippen LogP contribution is -1.88. The molecule has 0 heterocycles. The van der Waals surface area contributed by atoms with Crippen molar-refractivity contribution in [2.75, 3.05) is 0 Å². The van der Waals surface area contributed by atoms with Crippen LogP contribution < -0.4 is 0 Å². The molecule has 0 atom stereocenters. The smallest absolute Gasteiger partial charge is 0.0383 e. The first-order chi connectivity index (χ1) is 9.77. The van der Waals surface area contributed by atoms with Gasteiger partial charge in [0.1, 0.15) is 0 Å². The van der Waals surface area contributed by atoms with Gasteiger partial charge in [-0.25, -0.2) is 0 Å². The second kappa shape index (κ2) is 17.1. The molecule has 0 bridgehead atoms. The van der Waals surface area contributed by atoms with E-state index in [9.17, 15) is 0 Å². The minimum atomic E-state index is 0.844. The predicted octanol–water partition coefficient (Wildman–Crippen LogP) is 7.72. The van der Waals surface area contributed by atoms with Crippen LogP contribution in [0.25, 0.3) is 0 Å². The average molecular weight is 282 g/mol. The van der Waals surface area contributed by atoms with Crippen LogP contribution in [0, 0.1) is 12.3 Å². The summed E-state index contributed by atoms with van der Waals surface area (Å²) in [7, 11) is 0. The van der Waals surface area contributed by atoms with Gasteiger partial charge in [-0.05, 0) is 18.8 Å². The molecule has 0 unspecified atom stereocenters. The Morgan fingerprint density at radius 3 is 1.40 bits per heavy atom. The summed E-state index contributed by atoms with van der Waals surface area (Å²) >= 11 is 0. The minimum absolute atomic E-state index is 0.844. The van der Waals surface area contributed by atoms with Crippen molar-refractivity contribution in [3.63, 3.8) is 0 Å². The molecule has 121 valence electrons. The molecule has 0 N–H and O–H groups in total. The van der Waals surface area contributed by atoms with Gasteiger partial charge in [-0.1, -0.05) is 111 Å². The van der Waals surface area contributed by atoms with Crippen LogP contribution in [-0.2, 0) is 0 Å². The van der Waals surface area contributed by atoms with E-state index in [-0.39, 0.29) is 0 Å². The standard InChI is InChI=1S/C20H41/c1-4-5-6-7-8-9-10-11-12-13-14-15-16-17-18-19-20(2)3/h18,20H,4-17,19H2,1-3H3. The molecule has 0 saturated carbocycles. The van der Waals surface area contributed by atoms with Crippen LogP contribution in [0.1, 0.15) is 117 Å². The molecule has 0 amide bonds. The summed E-state index contributed by atoms with van der Waals surface area (Å²) in [6, 6.07) is 0. The first-order valence-corrected chi connectivity index (χ1v) is 9.59. The Kier molecular flexibility index (Phi) is 17.1. The van der Waals surface area contributed by atoms with Crippen molar-refractivity contribution in [3.05, 3.63) is 6.42 Å². The summed E-state index contributed by atoms with van der Waals surface area (Å²) in [6.45, 7) is 6.91. The zero-order chi connectivity index (χ0) is 14.9. The van der Waals surface area contributed by atoms with E-state index in [1.807, 2.05) is 0 Å². The molecule has 20 heavy (non-hydrogen) atoms. The van der Waals surface area contributed by atoms with Gasteiger partial charge in [0.15, 0.2) is 0 Å².